The third kappa shape index (κ3) is 3.96. The van der Waals surface area contributed by atoms with Gasteiger partial charge in [-0.05, 0) is 48.6 Å². The average Bonchev–Trinajstić information content (AvgIpc) is 3.34. The van der Waals surface area contributed by atoms with Crippen molar-refractivity contribution < 1.29 is 14.3 Å². The number of hydrogen-bond acceptors (Lipinski definition) is 4. The van der Waals surface area contributed by atoms with Gasteiger partial charge in [0.25, 0.3) is 5.91 Å². The molecule has 0 radical (unpaired) electrons. The van der Waals surface area contributed by atoms with Crippen LogP contribution in [0, 0.1) is 6.92 Å². The fraction of sp³-hybridized carbons (Fsp3) is 0.308. The number of likely N-dealkylation sites (N-methyl/N-ethyl adjacent to an activating group) is 1. The molecule has 2 amide bonds. The first-order valence-electron chi connectivity index (χ1n) is 10.9. The highest BCUT2D eigenvalue weighted by atomic mass is 32.1. The van der Waals surface area contributed by atoms with Gasteiger partial charge in [0.15, 0.2) is 0 Å². The lowest BCUT2D eigenvalue weighted by Gasteiger charge is -2.42. The van der Waals surface area contributed by atoms with E-state index in [2.05, 4.69) is 0 Å². The molecule has 1 aliphatic rings. The van der Waals surface area contributed by atoms with Crippen molar-refractivity contribution in [3.8, 4) is 0 Å². The number of para-hydroxylation sites is 1. The van der Waals surface area contributed by atoms with Gasteiger partial charge in [-0.2, -0.15) is 0 Å². The van der Waals surface area contributed by atoms with Crippen LogP contribution < -0.4 is 4.90 Å². The standard InChI is InChI=1S/C26H28N2O3S/c1-4-27(21-13-8-5-10-18(21)2)26(30)23-19-11-6-7-12-20(19)25(29)28(15-16-31-3)24(23)22-14-9-17-32-22/h5-14,17,23-24H,4,15-16H2,1-3H3/t23-,24-/m1/s1. The molecule has 166 valence electrons. The van der Waals surface area contributed by atoms with Crippen molar-refractivity contribution in [3.05, 3.63) is 87.6 Å². The number of rotatable bonds is 7. The van der Waals surface area contributed by atoms with Crippen LogP contribution >= 0.6 is 11.3 Å². The Bertz CT molecular complexity index is 1100. The molecule has 2 heterocycles. The minimum Gasteiger partial charge on any atom is -0.383 e. The van der Waals surface area contributed by atoms with Crippen LogP contribution in [-0.4, -0.2) is 43.5 Å². The summed E-state index contributed by atoms with van der Waals surface area (Å²) in [6.07, 6.45) is 0. The van der Waals surface area contributed by atoms with Gasteiger partial charge in [-0.3, -0.25) is 9.59 Å². The van der Waals surface area contributed by atoms with Crippen molar-refractivity contribution in [2.24, 2.45) is 0 Å². The van der Waals surface area contributed by atoms with Crippen LogP contribution in [0.4, 0.5) is 5.69 Å². The van der Waals surface area contributed by atoms with Gasteiger partial charge in [-0.1, -0.05) is 42.5 Å². The fourth-order valence-corrected chi connectivity index (χ4v) is 5.42. The molecule has 1 aliphatic heterocycles. The molecule has 0 saturated carbocycles. The highest BCUT2D eigenvalue weighted by Gasteiger charge is 2.45. The Morgan fingerprint density at radius 3 is 2.53 bits per heavy atom. The monoisotopic (exact) mass is 448 g/mol. The molecule has 0 unspecified atom stereocenters. The number of anilines is 1. The number of hydrogen-bond donors (Lipinski definition) is 0. The molecule has 0 fully saturated rings. The van der Waals surface area contributed by atoms with E-state index in [4.69, 9.17) is 4.74 Å². The van der Waals surface area contributed by atoms with Gasteiger partial charge in [0.2, 0.25) is 5.91 Å². The van der Waals surface area contributed by atoms with Crippen LogP contribution in [0.3, 0.4) is 0 Å². The Labute approximate surface area is 193 Å². The molecule has 3 aromatic rings. The van der Waals surface area contributed by atoms with E-state index >= 15 is 0 Å². The summed E-state index contributed by atoms with van der Waals surface area (Å²) in [5, 5.41) is 2.00. The Morgan fingerprint density at radius 2 is 1.84 bits per heavy atom. The number of carbonyl (C=O) groups excluding carboxylic acids is 2. The van der Waals surface area contributed by atoms with Crippen LogP contribution in [0.1, 0.15) is 45.2 Å². The van der Waals surface area contributed by atoms with Crippen molar-refractivity contribution in [2.45, 2.75) is 25.8 Å². The highest BCUT2D eigenvalue weighted by molar-refractivity contribution is 7.10. The Kier molecular flexibility index (Phi) is 6.72. The molecular formula is C26H28N2O3S. The zero-order chi connectivity index (χ0) is 22.7. The molecule has 1 aromatic heterocycles. The summed E-state index contributed by atoms with van der Waals surface area (Å²) < 4.78 is 5.31. The third-order valence-electron chi connectivity index (χ3n) is 6.06. The van der Waals surface area contributed by atoms with E-state index in [0.717, 1.165) is 21.7 Å². The minimum atomic E-state index is -0.501. The molecule has 4 rings (SSSR count). The van der Waals surface area contributed by atoms with Crippen LogP contribution in [0.25, 0.3) is 0 Å². The summed E-state index contributed by atoms with van der Waals surface area (Å²) in [6, 6.07) is 19.1. The number of fused-ring (bicyclic) bond motifs is 1. The highest BCUT2D eigenvalue weighted by Crippen LogP contribution is 2.45. The van der Waals surface area contributed by atoms with Crippen LogP contribution in [0.2, 0.25) is 0 Å². The summed E-state index contributed by atoms with van der Waals surface area (Å²) >= 11 is 1.58. The Hall–Kier alpha value is -2.96. The quantitative estimate of drug-likeness (QED) is 0.509. The van der Waals surface area contributed by atoms with Gasteiger partial charge < -0.3 is 14.5 Å². The summed E-state index contributed by atoms with van der Waals surface area (Å²) in [5.41, 5.74) is 3.34. The second kappa shape index (κ2) is 9.67. The maximum atomic E-state index is 14.2. The smallest absolute Gasteiger partial charge is 0.254 e. The van der Waals surface area contributed by atoms with E-state index in [1.807, 2.05) is 89.7 Å². The number of ether oxygens (including phenoxy) is 1. The largest absolute Gasteiger partial charge is 0.383 e. The minimum absolute atomic E-state index is 0.00238. The predicted molar refractivity (Wildman–Crippen MR) is 128 cm³/mol. The van der Waals surface area contributed by atoms with Crippen molar-refractivity contribution in [2.75, 3.05) is 31.7 Å². The van der Waals surface area contributed by atoms with Gasteiger partial charge in [0, 0.05) is 36.3 Å². The SMILES string of the molecule is CCN(C(=O)[C@@H]1c2ccccc2C(=O)N(CCOC)[C@@H]1c1cccs1)c1ccccc1C. The van der Waals surface area contributed by atoms with E-state index in [1.165, 1.54) is 0 Å². The molecule has 6 heteroatoms. The molecule has 0 spiro atoms. The second-order valence-electron chi connectivity index (χ2n) is 7.89. The first-order chi connectivity index (χ1) is 15.6. The number of thiophene rings is 1. The fourth-order valence-electron chi connectivity index (χ4n) is 4.55. The lowest BCUT2D eigenvalue weighted by molar-refractivity contribution is -0.121. The van der Waals surface area contributed by atoms with E-state index in [1.54, 1.807) is 18.4 Å². The number of benzene rings is 2. The number of methoxy groups -OCH3 is 1. The summed E-state index contributed by atoms with van der Waals surface area (Å²) in [6.45, 7) is 5.39. The molecule has 5 nitrogen and oxygen atoms in total. The Morgan fingerprint density at radius 1 is 1.09 bits per heavy atom. The van der Waals surface area contributed by atoms with Crippen LogP contribution in [0.5, 0.6) is 0 Å². The number of carbonyl (C=O) groups is 2. The average molecular weight is 449 g/mol. The van der Waals surface area contributed by atoms with Crippen molar-refractivity contribution in [1.29, 1.82) is 0 Å². The van der Waals surface area contributed by atoms with E-state index < -0.39 is 5.92 Å². The second-order valence-corrected chi connectivity index (χ2v) is 8.86. The van der Waals surface area contributed by atoms with Crippen molar-refractivity contribution in [3.63, 3.8) is 0 Å². The van der Waals surface area contributed by atoms with E-state index in [9.17, 15) is 9.59 Å². The topological polar surface area (TPSA) is 49.9 Å². The molecule has 2 aromatic carbocycles. The predicted octanol–water partition coefficient (Wildman–Crippen LogP) is 5.04. The molecule has 2 atom stereocenters. The van der Waals surface area contributed by atoms with E-state index in [-0.39, 0.29) is 17.9 Å². The maximum absolute atomic E-state index is 14.2. The number of nitrogens with zero attached hydrogens (tertiary/aromatic N) is 2. The third-order valence-corrected chi connectivity index (χ3v) is 7.01. The van der Waals surface area contributed by atoms with Gasteiger partial charge in [0.05, 0.1) is 18.6 Å². The summed E-state index contributed by atoms with van der Waals surface area (Å²) in [4.78, 5) is 32.4. The number of aryl methyl sites for hydroxylation is 1. The van der Waals surface area contributed by atoms with Crippen LogP contribution in [-0.2, 0) is 9.53 Å². The molecule has 0 saturated heterocycles. The lowest BCUT2D eigenvalue weighted by atomic mass is 9.81. The Balaban J connectivity index is 1.87. The normalized spacial score (nSPS) is 17.8. The first kappa shape index (κ1) is 22.2. The maximum Gasteiger partial charge on any atom is 0.254 e. The molecule has 0 bridgehead atoms. The van der Waals surface area contributed by atoms with Crippen LogP contribution in [0.15, 0.2) is 66.0 Å². The zero-order valence-corrected chi connectivity index (χ0v) is 19.5. The summed E-state index contributed by atoms with van der Waals surface area (Å²) in [7, 11) is 1.63. The van der Waals surface area contributed by atoms with Crippen molar-refractivity contribution in [1.82, 2.24) is 4.90 Å². The van der Waals surface area contributed by atoms with Gasteiger partial charge in [-0.15, -0.1) is 11.3 Å². The first-order valence-corrected chi connectivity index (χ1v) is 11.8. The number of amides is 2. The van der Waals surface area contributed by atoms with Gasteiger partial charge >= 0.3 is 0 Å². The zero-order valence-electron chi connectivity index (χ0n) is 18.7. The molecule has 0 N–H and O–H groups in total. The van der Waals surface area contributed by atoms with Gasteiger partial charge in [-0.25, -0.2) is 0 Å². The molecular weight excluding hydrogens is 420 g/mol. The summed E-state index contributed by atoms with van der Waals surface area (Å²) in [5.74, 6) is -0.555. The molecule has 32 heavy (non-hydrogen) atoms. The van der Waals surface area contributed by atoms with Crippen molar-refractivity contribution >= 4 is 28.8 Å². The lowest BCUT2D eigenvalue weighted by Crippen LogP contribution is -2.49. The van der Waals surface area contributed by atoms with Gasteiger partial charge in [0.1, 0.15) is 0 Å². The molecule has 0 aliphatic carbocycles. The van der Waals surface area contributed by atoms with E-state index in [0.29, 0.717) is 25.3 Å².